The molecule has 2 aromatic heterocycles. The molecule has 0 radical (unpaired) electrons. The Balaban J connectivity index is 1.79. The molecular formula is C13H15N5O3. The van der Waals surface area contributed by atoms with Gasteiger partial charge in [-0.05, 0) is 12.5 Å². The predicted molar refractivity (Wildman–Crippen MR) is 73.1 cm³/mol. The Morgan fingerprint density at radius 2 is 2.14 bits per heavy atom. The molecule has 2 aromatic rings. The standard InChI is InChI=1S/C13H15N5O3/c19-10-7-17(5-2-9(10)13(20)21)11-6-12(15-8-14-11)18-4-1-3-16-18/h1,3-4,6,8-10,19H,2,5,7H2,(H,20,21)/t9-,10+/m0/s1. The van der Waals surface area contributed by atoms with Gasteiger partial charge in [0.15, 0.2) is 5.82 Å². The van der Waals surface area contributed by atoms with E-state index >= 15 is 0 Å². The van der Waals surface area contributed by atoms with Crippen LogP contribution in [0.4, 0.5) is 5.82 Å². The molecule has 110 valence electrons. The van der Waals surface area contributed by atoms with E-state index in [4.69, 9.17) is 5.11 Å². The zero-order chi connectivity index (χ0) is 14.8. The van der Waals surface area contributed by atoms with Crippen LogP contribution in [0.25, 0.3) is 5.82 Å². The van der Waals surface area contributed by atoms with Crippen molar-refractivity contribution in [2.75, 3.05) is 18.0 Å². The molecule has 1 aliphatic heterocycles. The van der Waals surface area contributed by atoms with Gasteiger partial charge in [0.05, 0.1) is 12.0 Å². The molecule has 8 nitrogen and oxygen atoms in total. The number of aliphatic hydroxyl groups excluding tert-OH is 1. The zero-order valence-corrected chi connectivity index (χ0v) is 11.2. The lowest BCUT2D eigenvalue weighted by atomic mass is 9.94. The van der Waals surface area contributed by atoms with E-state index in [2.05, 4.69) is 15.1 Å². The van der Waals surface area contributed by atoms with Crippen LogP contribution in [0, 0.1) is 5.92 Å². The first-order valence-corrected chi connectivity index (χ1v) is 6.63. The van der Waals surface area contributed by atoms with Crippen molar-refractivity contribution >= 4 is 11.8 Å². The summed E-state index contributed by atoms with van der Waals surface area (Å²) in [6.07, 6.45) is 4.35. The molecule has 2 atom stereocenters. The topological polar surface area (TPSA) is 104 Å². The van der Waals surface area contributed by atoms with Crippen LogP contribution in [-0.2, 0) is 4.79 Å². The van der Waals surface area contributed by atoms with Crippen molar-refractivity contribution in [3.8, 4) is 5.82 Å². The fourth-order valence-electron chi connectivity index (χ4n) is 2.47. The number of carboxylic acids is 1. The highest BCUT2D eigenvalue weighted by atomic mass is 16.4. The maximum atomic E-state index is 11.0. The maximum absolute atomic E-state index is 11.0. The first-order chi connectivity index (χ1) is 10.1. The van der Waals surface area contributed by atoms with Crippen molar-refractivity contribution < 1.29 is 15.0 Å². The average molecular weight is 289 g/mol. The van der Waals surface area contributed by atoms with Gasteiger partial charge in [-0.25, -0.2) is 14.6 Å². The molecule has 2 N–H and O–H groups in total. The van der Waals surface area contributed by atoms with E-state index in [0.717, 1.165) is 0 Å². The van der Waals surface area contributed by atoms with E-state index < -0.39 is 18.0 Å². The second-order valence-electron chi connectivity index (χ2n) is 4.93. The van der Waals surface area contributed by atoms with Gasteiger partial charge >= 0.3 is 5.97 Å². The minimum absolute atomic E-state index is 0.243. The monoisotopic (exact) mass is 289 g/mol. The summed E-state index contributed by atoms with van der Waals surface area (Å²) in [4.78, 5) is 21.2. The molecule has 0 saturated carbocycles. The largest absolute Gasteiger partial charge is 0.481 e. The molecule has 1 fully saturated rings. The SMILES string of the molecule is O=C(O)[C@H]1CCN(c2cc(-n3cccn3)ncn2)C[C@H]1O. The van der Waals surface area contributed by atoms with Crippen LogP contribution in [0.15, 0.2) is 30.9 Å². The highest BCUT2D eigenvalue weighted by Crippen LogP contribution is 2.23. The third kappa shape index (κ3) is 2.70. The molecular weight excluding hydrogens is 274 g/mol. The van der Waals surface area contributed by atoms with Crippen LogP contribution in [0.3, 0.4) is 0 Å². The maximum Gasteiger partial charge on any atom is 0.309 e. The summed E-state index contributed by atoms with van der Waals surface area (Å²) in [5, 5.41) is 23.1. The van der Waals surface area contributed by atoms with Crippen molar-refractivity contribution in [1.29, 1.82) is 0 Å². The summed E-state index contributed by atoms with van der Waals surface area (Å²) in [5.41, 5.74) is 0. The number of rotatable bonds is 3. The summed E-state index contributed by atoms with van der Waals surface area (Å²) in [5.74, 6) is -0.394. The van der Waals surface area contributed by atoms with Crippen LogP contribution in [0.5, 0.6) is 0 Å². The molecule has 0 aliphatic carbocycles. The number of β-amino-alcohol motifs (C(OH)–C–C–N with tert-alkyl or cyclic N) is 1. The van der Waals surface area contributed by atoms with E-state index in [-0.39, 0.29) is 6.54 Å². The summed E-state index contributed by atoms with van der Waals surface area (Å²) in [6, 6.07) is 3.56. The van der Waals surface area contributed by atoms with Gasteiger partial charge in [0.1, 0.15) is 12.1 Å². The van der Waals surface area contributed by atoms with Crippen LogP contribution < -0.4 is 4.90 Å². The highest BCUT2D eigenvalue weighted by molar-refractivity contribution is 5.71. The number of piperidine rings is 1. The molecule has 21 heavy (non-hydrogen) atoms. The Morgan fingerprint density at radius 1 is 1.33 bits per heavy atom. The average Bonchev–Trinajstić information content (AvgIpc) is 3.01. The van der Waals surface area contributed by atoms with Crippen molar-refractivity contribution in [3.63, 3.8) is 0 Å². The molecule has 0 spiro atoms. The van der Waals surface area contributed by atoms with Gasteiger partial charge in [0.25, 0.3) is 0 Å². The number of aliphatic hydroxyl groups is 1. The smallest absolute Gasteiger partial charge is 0.309 e. The molecule has 0 unspecified atom stereocenters. The fraction of sp³-hybridized carbons (Fsp3) is 0.385. The van der Waals surface area contributed by atoms with Gasteiger partial charge in [-0.1, -0.05) is 0 Å². The van der Waals surface area contributed by atoms with E-state index in [9.17, 15) is 9.90 Å². The van der Waals surface area contributed by atoms with Crippen LogP contribution in [-0.4, -0.2) is 55.1 Å². The van der Waals surface area contributed by atoms with Crippen molar-refractivity contribution in [2.24, 2.45) is 5.92 Å². The van der Waals surface area contributed by atoms with E-state index in [1.165, 1.54) is 6.33 Å². The Morgan fingerprint density at radius 3 is 2.81 bits per heavy atom. The van der Waals surface area contributed by atoms with Gasteiger partial charge < -0.3 is 15.1 Å². The van der Waals surface area contributed by atoms with Gasteiger partial charge in [-0.3, -0.25) is 4.79 Å². The Bertz CT molecular complexity index is 630. The number of aliphatic carboxylic acids is 1. The molecule has 0 aromatic carbocycles. The quantitative estimate of drug-likeness (QED) is 0.815. The van der Waals surface area contributed by atoms with E-state index in [0.29, 0.717) is 24.6 Å². The second kappa shape index (κ2) is 5.49. The molecule has 0 bridgehead atoms. The normalized spacial score (nSPS) is 22.2. The summed E-state index contributed by atoms with van der Waals surface area (Å²) >= 11 is 0. The van der Waals surface area contributed by atoms with Gasteiger partial charge in [0, 0.05) is 31.5 Å². The summed E-state index contributed by atoms with van der Waals surface area (Å²) in [7, 11) is 0. The predicted octanol–water partition coefficient (Wildman–Crippen LogP) is -0.0659. The number of nitrogens with zero attached hydrogens (tertiary/aromatic N) is 5. The fourth-order valence-corrected chi connectivity index (χ4v) is 2.47. The molecule has 1 aliphatic rings. The molecule has 3 rings (SSSR count). The molecule has 0 amide bonds. The molecule has 8 heteroatoms. The third-order valence-corrected chi connectivity index (χ3v) is 3.60. The Kier molecular flexibility index (Phi) is 3.53. The lowest BCUT2D eigenvalue weighted by molar-refractivity contribution is -0.146. The Labute approximate surface area is 120 Å². The van der Waals surface area contributed by atoms with E-state index in [1.807, 2.05) is 4.90 Å². The van der Waals surface area contributed by atoms with Crippen LogP contribution in [0.2, 0.25) is 0 Å². The van der Waals surface area contributed by atoms with Gasteiger partial charge in [-0.15, -0.1) is 0 Å². The Hall–Kier alpha value is -2.48. The van der Waals surface area contributed by atoms with Crippen LogP contribution in [0.1, 0.15) is 6.42 Å². The number of anilines is 1. The number of carbonyl (C=O) groups is 1. The van der Waals surface area contributed by atoms with E-state index in [1.54, 1.807) is 29.2 Å². The first-order valence-electron chi connectivity index (χ1n) is 6.63. The number of hydrogen-bond donors (Lipinski definition) is 2. The summed E-state index contributed by atoms with van der Waals surface area (Å²) < 4.78 is 1.62. The third-order valence-electron chi connectivity index (χ3n) is 3.60. The number of aromatic nitrogens is 4. The number of carboxylic acid groups (broad SMARTS) is 1. The first kappa shape index (κ1) is 13.5. The summed E-state index contributed by atoms with van der Waals surface area (Å²) in [6.45, 7) is 0.774. The van der Waals surface area contributed by atoms with Gasteiger partial charge in [-0.2, -0.15) is 5.10 Å². The molecule has 1 saturated heterocycles. The lowest BCUT2D eigenvalue weighted by Crippen LogP contribution is -2.47. The number of hydrogen-bond acceptors (Lipinski definition) is 6. The molecule has 3 heterocycles. The zero-order valence-electron chi connectivity index (χ0n) is 11.2. The van der Waals surface area contributed by atoms with Crippen molar-refractivity contribution in [2.45, 2.75) is 12.5 Å². The minimum Gasteiger partial charge on any atom is -0.481 e. The van der Waals surface area contributed by atoms with Gasteiger partial charge in [0.2, 0.25) is 0 Å². The second-order valence-corrected chi connectivity index (χ2v) is 4.93. The van der Waals surface area contributed by atoms with Crippen LogP contribution >= 0.6 is 0 Å². The highest BCUT2D eigenvalue weighted by Gasteiger charge is 2.33. The minimum atomic E-state index is -0.956. The van der Waals surface area contributed by atoms with Crippen molar-refractivity contribution in [3.05, 3.63) is 30.9 Å². The lowest BCUT2D eigenvalue weighted by Gasteiger charge is -2.34. The van der Waals surface area contributed by atoms with Crippen molar-refractivity contribution in [1.82, 2.24) is 19.7 Å².